The molecular formula is C9H18N4O2. The van der Waals surface area contributed by atoms with Gasteiger partial charge in [-0.25, -0.2) is 0 Å². The van der Waals surface area contributed by atoms with Crippen molar-refractivity contribution >= 4 is 5.97 Å². The minimum atomic E-state index is -0.288. The van der Waals surface area contributed by atoms with Crippen LogP contribution in [0.2, 0.25) is 0 Å². The SMILES string of the molecule is CCCC(NCCN=[N+]=[N-])C(=O)OCC. The van der Waals surface area contributed by atoms with Crippen molar-refractivity contribution in [2.75, 3.05) is 19.7 Å². The summed E-state index contributed by atoms with van der Waals surface area (Å²) in [5, 5.41) is 6.38. The minimum Gasteiger partial charge on any atom is -0.465 e. The lowest BCUT2D eigenvalue weighted by Crippen LogP contribution is -2.39. The Hall–Kier alpha value is -1.26. The molecule has 0 amide bonds. The number of hydrogen-bond donors (Lipinski definition) is 1. The molecule has 0 aromatic heterocycles. The molecule has 15 heavy (non-hydrogen) atoms. The van der Waals surface area contributed by atoms with Crippen LogP contribution in [0.25, 0.3) is 10.4 Å². The number of azide groups is 1. The highest BCUT2D eigenvalue weighted by Gasteiger charge is 2.17. The van der Waals surface area contributed by atoms with E-state index in [1.54, 1.807) is 6.92 Å². The number of esters is 1. The van der Waals surface area contributed by atoms with E-state index in [0.29, 0.717) is 19.7 Å². The van der Waals surface area contributed by atoms with Crippen LogP contribution in [-0.4, -0.2) is 31.7 Å². The molecule has 0 aromatic rings. The molecule has 1 N–H and O–H groups in total. The van der Waals surface area contributed by atoms with Gasteiger partial charge in [-0.2, -0.15) is 0 Å². The lowest BCUT2D eigenvalue weighted by atomic mass is 10.1. The zero-order chi connectivity index (χ0) is 11.5. The zero-order valence-corrected chi connectivity index (χ0v) is 9.27. The molecule has 0 radical (unpaired) electrons. The van der Waals surface area contributed by atoms with Crippen molar-refractivity contribution in [2.45, 2.75) is 32.7 Å². The van der Waals surface area contributed by atoms with E-state index in [2.05, 4.69) is 15.3 Å². The average molecular weight is 214 g/mol. The van der Waals surface area contributed by atoms with Crippen molar-refractivity contribution in [1.82, 2.24) is 5.32 Å². The van der Waals surface area contributed by atoms with Gasteiger partial charge < -0.3 is 10.1 Å². The second kappa shape index (κ2) is 9.30. The zero-order valence-electron chi connectivity index (χ0n) is 9.27. The van der Waals surface area contributed by atoms with Crippen LogP contribution in [-0.2, 0) is 9.53 Å². The summed E-state index contributed by atoms with van der Waals surface area (Å²) < 4.78 is 4.91. The van der Waals surface area contributed by atoms with Crippen molar-refractivity contribution in [3.8, 4) is 0 Å². The minimum absolute atomic E-state index is 0.236. The number of rotatable bonds is 8. The highest BCUT2D eigenvalue weighted by molar-refractivity contribution is 5.75. The highest BCUT2D eigenvalue weighted by Crippen LogP contribution is 1.99. The lowest BCUT2D eigenvalue weighted by molar-refractivity contribution is -0.145. The first-order valence-corrected chi connectivity index (χ1v) is 5.17. The van der Waals surface area contributed by atoms with Crippen molar-refractivity contribution in [2.24, 2.45) is 5.11 Å². The van der Waals surface area contributed by atoms with Crippen LogP contribution in [0.5, 0.6) is 0 Å². The third-order valence-electron chi connectivity index (χ3n) is 1.81. The summed E-state index contributed by atoms with van der Waals surface area (Å²) in [5.41, 5.74) is 8.07. The number of carbonyl (C=O) groups excluding carboxylic acids is 1. The molecule has 0 aliphatic heterocycles. The average Bonchev–Trinajstić information content (AvgIpc) is 2.23. The normalized spacial score (nSPS) is 11.6. The molecule has 1 unspecified atom stereocenters. The van der Waals surface area contributed by atoms with E-state index in [-0.39, 0.29) is 12.0 Å². The maximum absolute atomic E-state index is 11.4. The van der Waals surface area contributed by atoms with Gasteiger partial charge in [0.15, 0.2) is 0 Å². The number of nitrogens with one attached hydrogen (secondary N) is 1. The Morgan fingerprint density at radius 2 is 2.33 bits per heavy atom. The van der Waals surface area contributed by atoms with E-state index in [4.69, 9.17) is 10.3 Å². The summed E-state index contributed by atoms with van der Waals surface area (Å²) >= 11 is 0. The fourth-order valence-electron chi connectivity index (χ4n) is 1.17. The summed E-state index contributed by atoms with van der Waals surface area (Å²) in [6.45, 7) is 5.00. The summed E-state index contributed by atoms with van der Waals surface area (Å²) in [6.07, 6.45) is 1.63. The predicted octanol–water partition coefficient (Wildman–Crippen LogP) is 1.62. The van der Waals surface area contributed by atoms with Crippen LogP contribution >= 0.6 is 0 Å². The fraction of sp³-hybridized carbons (Fsp3) is 0.889. The Balaban J connectivity index is 3.91. The van der Waals surface area contributed by atoms with Gasteiger partial charge in [-0.1, -0.05) is 18.5 Å². The molecular weight excluding hydrogens is 196 g/mol. The van der Waals surface area contributed by atoms with E-state index >= 15 is 0 Å². The van der Waals surface area contributed by atoms with E-state index in [9.17, 15) is 4.79 Å². The van der Waals surface area contributed by atoms with Gasteiger partial charge in [0, 0.05) is 18.0 Å². The third-order valence-corrected chi connectivity index (χ3v) is 1.81. The maximum Gasteiger partial charge on any atom is 0.323 e. The van der Waals surface area contributed by atoms with Crippen LogP contribution in [0.15, 0.2) is 5.11 Å². The van der Waals surface area contributed by atoms with Crippen LogP contribution in [0.1, 0.15) is 26.7 Å². The molecule has 0 saturated heterocycles. The van der Waals surface area contributed by atoms with Crippen LogP contribution in [0.3, 0.4) is 0 Å². The summed E-state index contributed by atoms with van der Waals surface area (Å²) in [4.78, 5) is 14.0. The van der Waals surface area contributed by atoms with Crippen molar-refractivity contribution in [3.05, 3.63) is 10.4 Å². The standard InChI is InChI=1S/C9H18N4O2/c1-3-5-8(9(14)15-4-2)11-6-7-12-13-10/h8,11H,3-7H2,1-2H3. The molecule has 86 valence electrons. The summed E-state index contributed by atoms with van der Waals surface area (Å²) in [5.74, 6) is -0.236. The topological polar surface area (TPSA) is 87.1 Å². The molecule has 0 saturated carbocycles. The Kier molecular flexibility index (Phi) is 8.52. The predicted molar refractivity (Wildman–Crippen MR) is 57.3 cm³/mol. The molecule has 0 aliphatic rings. The molecule has 0 heterocycles. The van der Waals surface area contributed by atoms with Gasteiger partial charge in [-0.15, -0.1) is 0 Å². The summed E-state index contributed by atoms with van der Waals surface area (Å²) in [7, 11) is 0. The first-order chi connectivity index (χ1) is 7.26. The Morgan fingerprint density at radius 1 is 1.60 bits per heavy atom. The van der Waals surface area contributed by atoms with Gasteiger partial charge in [0.1, 0.15) is 6.04 Å². The van der Waals surface area contributed by atoms with Gasteiger partial charge in [0.2, 0.25) is 0 Å². The number of hydrogen-bond acceptors (Lipinski definition) is 4. The molecule has 6 heteroatoms. The van der Waals surface area contributed by atoms with E-state index in [0.717, 1.165) is 12.8 Å². The Bertz CT molecular complexity index is 226. The largest absolute Gasteiger partial charge is 0.465 e. The van der Waals surface area contributed by atoms with Gasteiger partial charge >= 0.3 is 5.97 Å². The maximum atomic E-state index is 11.4. The quantitative estimate of drug-likeness (QED) is 0.219. The Morgan fingerprint density at radius 3 is 2.87 bits per heavy atom. The van der Waals surface area contributed by atoms with Crippen LogP contribution in [0.4, 0.5) is 0 Å². The molecule has 1 atom stereocenters. The third kappa shape index (κ3) is 6.76. The molecule has 0 aliphatic carbocycles. The van der Waals surface area contributed by atoms with E-state index in [1.165, 1.54) is 0 Å². The van der Waals surface area contributed by atoms with Crippen molar-refractivity contribution in [3.63, 3.8) is 0 Å². The van der Waals surface area contributed by atoms with Gasteiger partial charge in [0.25, 0.3) is 0 Å². The second-order valence-corrected chi connectivity index (χ2v) is 3.00. The fourth-order valence-corrected chi connectivity index (χ4v) is 1.17. The van der Waals surface area contributed by atoms with Crippen molar-refractivity contribution < 1.29 is 9.53 Å². The molecule has 0 spiro atoms. The molecule has 0 rings (SSSR count). The molecule has 6 nitrogen and oxygen atoms in total. The Labute approximate surface area is 89.6 Å². The summed E-state index contributed by atoms with van der Waals surface area (Å²) in [6, 6.07) is -0.288. The van der Waals surface area contributed by atoms with Crippen LogP contribution in [0, 0.1) is 0 Å². The second-order valence-electron chi connectivity index (χ2n) is 3.00. The van der Waals surface area contributed by atoms with Gasteiger partial charge in [0.05, 0.1) is 6.61 Å². The smallest absolute Gasteiger partial charge is 0.323 e. The molecule has 0 fully saturated rings. The lowest BCUT2D eigenvalue weighted by Gasteiger charge is -2.15. The van der Waals surface area contributed by atoms with E-state index in [1.807, 2.05) is 6.92 Å². The van der Waals surface area contributed by atoms with E-state index < -0.39 is 0 Å². The van der Waals surface area contributed by atoms with Gasteiger partial charge in [-0.05, 0) is 18.9 Å². The van der Waals surface area contributed by atoms with Gasteiger partial charge in [-0.3, -0.25) is 4.79 Å². The number of ether oxygens (including phenoxy) is 1. The molecule has 0 bridgehead atoms. The number of nitrogens with zero attached hydrogens (tertiary/aromatic N) is 3. The molecule has 0 aromatic carbocycles. The van der Waals surface area contributed by atoms with Crippen molar-refractivity contribution in [1.29, 1.82) is 0 Å². The first kappa shape index (κ1) is 13.7. The number of carbonyl (C=O) groups is 1. The van der Waals surface area contributed by atoms with Crippen LogP contribution < -0.4 is 5.32 Å². The highest BCUT2D eigenvalue weighted by atomic mass is 16.5. The monoisotopic (exact) mass is 214 g/mol. The first-order valence-electron chi connectivity index (χ1n) is 5.17.